The van der Waals surface area contributed by atoms with E-state index in [4.69, 9.17) is 18.5 Å². The second-order valence-corrected chi connectivity index (χ2v) is 18.5. The minimum absolute atomic E-state index is 0.00220. The first kappa shape index (κ1) is 59.0. The Morgan fingerprint density at radius 2 is 0.937 bits per heavy atom. The van der Waals surface area contributed by atoms with Crippen LogP contribution < -0.4 is 14.7 Å². The number of allylic oxidation sites excluding steroid dienone is 8. The third-order valence-electron chi connectivity index (χ3n) is 10.4. The van der Waals surface area contributed by atoms with Gasteiger partial charge in [-0.05, 0) is 77.0 Å². The molecule has 8 atom stereocenters. The van der Waals surface area contributed by atoms with Gasteiger partial charge < -0.3 is 62.7 Å². The molecule has 1 aliphatic rings. The summed E-state index contributed by atoms with van der Waals surface area (Å²) < 4.78 is 48.3. The predicted octanol–water partition coefficient (Wildman–Crippen LogP) is 6.61. The van der Waals surface area contributed by atoms with Crippen LogP contribution in [0.3, 0.4) is 0 Å². The van der Waals surface area contributed by atoms with Crippen LogP contribution in [-0.4, -0.2) is 88.3 Å². The Morgan fingerprint density at radius 1 is 0.524 bits per heavy atom. The van der Waals surface area contributed by atoms with E-state index in [1.165, 1.54) is 38.5 Å². The van der Waals surface area contributed by atoms with E-state index in [-0.39, 0.29) is 12.8 Å². The number of unbranched alkanes of at least 4 members (excludes halogenated alkanes) is 16. The van der Waals surface area contributed by atoms with Gasteiger partial charge in [-0.15, -0.1) is 0 Å². The van der Waals surface area contributed by atoms with Crippen LogP contribution in [0.4, 0.5) is 0 Å². The Kier molecular flexibility index (Phi) is 33.8. The van der Waals surface area contributed by atoms with Crippen LogP contribution in [0.15, 0.2) is 48.6 Å². The van der Waals surface area contributed by atoms with Crippen LogP contribution >= 0.6 is 15.6 Å². The fourth-order valence-electron chi connectivity index (χ4n) is 6.71. The summed E-state index contributed by atoms with van der Waals surface area (Å²) in [5.74, 6) is -1.30. The molecule has 1 unspecified atom stereocenters. The molecule has 0 spiro atoms. The average Bonchev–Trinajstić information content (AvgIpc) is 3.23. The van der Waals surface area contributed by atoms with E-state index in [0.29, 0.717) is 12.8 Å². The van der Waals surface area contributed by atoms with Gasteiger partial charge >= 0.3 is 11.9 Å². The fraction of sp³-hybridized carbons (Fsp3) is 0.778. The molecule has 1 saturated carbocycles. The molecule has 0 amide bonds. The highest BCUT2D eigenvalue weighted by atomic mass is 31.2. The van der Waals surface area contributed by atoms with E-state index in [1.54, 1.807) is 0 Å². The van der Waals surface area contributed by atoms with E-state index < -0.39 is 83.5 Å². The predicted molar refractivity (Wildman–Crippen MR) is 234 cm³/mol. The van der Waals surface area contributed by atoms with E-state index in [1.807, 2.05) is 0 Å². The van der Waals surface area contributed by atoms with Crippen LogP contribution in [-0.2, 0) is 41.8 Å². The van der Waals surface area contributed by atoms with Gasteiger partial charge in [0.05, 0.1) is 14.4 Å². The number of aliphatic hydroxyl groups excluding tert-OH is 4. The molecule has 1 fully saturated rings. The summed E-state index contributed by atoms with van der Waals surface area (Å²) in [5, 5.41) is 40.9. The molecule has 0 saturated heterocycles. The maximum Gasteiger partial charge on any atom is 0.306 e. The van der Waals surface area contributed by atoms with Crippen molar-refractivity contribution in [3.8, 4) is 0 Å². The summed E-state index contributed by atoms with van der Waals surface area (Å²) in [6, 6.07) is 0. The second kappa shape index (κ2) is 36.1. The van der Waals surface area contributed by atoms with Crippen LogP contribution in [0.25, 0.3) is 0 Å². The van der Waals surface area contributed by atoms with Gasteiger partial charge in [-0.2, -0.15) is 0 Å². The van der Waals surface area contributed by atoms with Gasteiger partial charge in [-0.3, -0.25) is 14.2 Å². The zero-order valence-corrected chi connectivity index (χ0v) is 39.4. The van der Waals surface area contributed by atoms with Gasteiger partial charge in [0.1, 0.15) is 43.2 Å². The molecule has 4 N–H and O–H groups in total. The number of phosphoric ester groups is 2. The molecule has 1 aliphatic carbocycles. The molecule has 0 heterocycles. The summed E-state index contributed by atoms with van der Waals surface area (Å²) in [6.07, 6.45) is 23.9. The van der Waals surface area contributed by atoms with Crippen molar-refractivity contribution in [1.82, 2.24) is 0 Å². The third kappa shape index (κ3) is 30.7. The van der Waals surface area contributed by atoms with Crippen molar-refractivity contribution in [1.29, 1.82) is 0 Å². The van der Waals surface area contributed by atoms with Crippen molar-refractivity contribution >= 4 is 27.6 Å². The van der Waals surface area contributed by atoms with E-state index in [9.17, 15) is 53.8 Å². The molecule has 16 nitrogen and oxygen atoms in total. The lowest BCUT2D eigenvalue weighted by atomic mass is 9.85. The zero-order chi connectivity index (χ0) is 46.8. The molecule has 1 rings (SSSR count). The van der Waals surface area contributed by atoms with Crippen molar-refractivity contribution in [3.05, 3.63) is 48.6 Å². The number of carbonyl (C=O) groups excluding carboxylic acids is 2. The average molecular weight is 936 g/mol. The van der Waals surface area contributed by atoms with Crippen molar-refractivity contribution < 1.29 is 76.9 Å². The number of rotatable bonds is 38. The Bertz CT molecular complexity index is 1420. The number of ether oxygens (including phenoxy) is 2. The Balaban J connectivity index is 2.63. The van der Waals surface area contributed by atoms with Crippen molar-refractivity contribution in [2.24, 2.45) is 0 Å². The number of hydrogen-bond acceptors (Lipinski definition) is 16. The van der Waals surface area contributed by atoms with Crippen LogP contribution in [0.1, 0.15) is 168 Å². The lowest BCUT2D eigenvalue weighted by Gasteiger charge is -2.47. The minimum atomic E-state index is -5.88. The maximum atomic E-state index is 12.8. The quantitative estimate of drug-likeness (QED) is 0.0220. The molecule has 0 aromatic rings. The van der Waals surface area contributed by atoms with Crippen LogP contribution in [0, 0.1) is 0 Å². The molecular formula is C45H77O16P2-3. The summed E-state index contributed by atoms with van der Waals surface area (Å²) >= 11 is 0. The SMILES string of the molecule is CCCCC/C=C\C/C=C\CCCCCCCC(=O)OC[C@H](COP(=O)([O-])O[C@H]1[C@H](O)[C@@H](OP(=O)([O-])[O-])[C@H](O)[C@@H](O)[C@H]1O)OC(=O)CCCCCCC/C=C\C/C=C\CCCCC. The van der Waals surface area contributed by atoms with Gasteiger partial charge in [-0.25, -0.2) is 0 Å². The van der Waals surface area contributed by atoms with Gasteiger partial charge in [0.15, 0.2) is 6.10 Å². The van der Waals surface area contributed by atoms with Gasteiger partial charge in [0, 0.05) is 12.8 Å². The lowest BCUT2D eigenvalue weighted by Crippen LogP contribution is -2.65. The van der Waals surface area contributed by atoms with E-state index >= 15 is 0 Å². The van der Waals surface area contributed by atoms with Crippen molar-refractivity contribution in [3.63, 3.8) is 0 Å². The number of esters is 2. The first-order valence-corrected chi connectivity index (χ1v) is 26.1. The molecule has 0 bridgehead atoms. The smallest absolute Gasteiger partial charge is 0.306 e. The summed E-state index contributed by atoms with van der Waals surface area (Å²) in [5.41, 5.74) is 0. The highest BCUT2D eigenvalue weighted by Gasteiger charge is 2.51. The molecule has 18 heteroatoms. The minimum Gasteiger partial charge on any atom is -0.790 e. The number of carbonyl (C=O) groups is 2. The third-order valence-corrected chi connectivity index (χ3v) is 11.8. The molecular weight excluding hydrogens is 858 g/mol. The van der Waals surface area contributed by atoms with E-state index in [2.05, 4.69) is 67.0 Å². The highest BCUT2D eigenvalue weighted by Crippen LogP contribution is 2.45. The second-order valence-electron chi connectivity index (χ2n) is 16.0. The normalized spacial score (nSPS) is 22.4. The van der Waals surface area contributed by atoms with Gasteiger partial charge in [-0.1, -0.05) is 127 Å². The Labute approximate surface area is 376 Å². The summed E-state index contributed by atoms with van der Waals surface area (Å²) in [6.45, 7) is 2.89. The molecule has 0 aromatic heterocycles. The van der Waals surface area contributed by atoms with Gasteiger partial charge in [0.25, 0.3) is 7.82 Å². The van der Waals surface area contributed by atoms with E-state index in [0.717, 1.165) is 89.9 Å². The first-order valence-electron chi connectivity index (χ1n) is 23.1. The topological polar surface area (TPSA) is 265 Å². The molecule has 0 radical (unpaired) electrons. The summed E-state index contributed by atoms with van der Waals surface area (Å²) in [7, 11) is -11.5. The molecule has 0 aliphatic heterocycles. The number of phosphoric acid groups is 2. The molecule has 366 valence electrons. The van der Waals surface area contributed by atoms with Crippen LogP contribution in [0.5, 0.6) is 0 Å². The highest BCUT2D eigenvalue weighted by molar-refractivity contribution is 7.45. The van der Waals surface area contributed by atoms with Crippen molar-refractivity contribution in [2.45, 2.75) is 211 Å². The monoisotopic (exact) mass is 935 g/mol. The van der Waals surface area contributed by atoms with Crippen LogP contribution in [0.2, 0.25) is 0 Å². The van der Waals surface area contributed by atoms with Crippen molar-refractivity contribution in [2.75, 3.05) is 13.2 Å². The maximum absolute atomic E-state index is 12.8. The molecule has 0 aromatic carbocycles. The fourth-order valence-corrected chi connectivity index (χ4v) is 8.22. The Hall–Kier alpha value is -2.04. The zero-order valence-electron chi connectivity index (χ0n) is 37.6. The lowest BCUT2D eigenvalue weighted by molar-refractivity contribution is -0.353. The Morgan fingerprint density at radius 3 is 1.40 bits per heavy atom. The first-order chi connectivity index (χ1) is 30.1. The molecule has 63 heavy (non-hydrogen) atoms. The van der Waals surface area contributed by atoms with Gasteiger partial charge in [0.2, 0.25) is 0 Å². The number of aliphatic hydroxyl groups is 4. The standard InChI is InChI=1S/C45H80O16P2/c1-3-5-7-9-11-13-15-17-19-21-23-25-27-29-31-33-38(46)57-35-37(59-39(47)34-32-30-28-26-24-22-20-18-16-14-12-10-8-6-4-2)36-58-63(55,56)61-45-42(50)40(48)41(49)44(43(45)51)60-62(52,53)54/h11-14,17-20,37,40-45,48-51H,3-10,15-16,21-36H2,1-2H3,(H,55,56)(H2,52,53,54)/p-3/b13-11-,14-12-,19-17-,20-18-/t37-,40-,41-,42-,43-,44+,45-/m1/s1. The summed E-state index contributed by atoms with van der Waals surface area (Å²) in [4.78, 5) is 60.5. The largest absolute Gasteiger partial charge is 0.790 e. The number of hydrogen-bond donors (Lipinski definition) is 4.